The fraction of sp³-hybridized carbons (Fsp3) is 0. The summed E-state index contributed by atoms with van der Waals surface area (Å²) in [4.78, 5) is 7.36. The van der Waals surface area contributed by atoms with Crippen molar-refractivity contribution in [2.45, 2.75) is 0 Å². The second-order valence-electron chi connectivity index (χ2n) is 2.02. The number of aromatic hydroxyl groups is 1. The van der Waals surface area contributed by atoms with Gasteiger partial charge < -0.3 is 5.11 Å². The average Bonchev–Trinajstić information content (AvgIpc) is 2.34. The minimum absolute atomic E-state index is 0.155. The lowest BCUT2D eigenvalue weighted by Gasteiger charge is -1.93. The van der Waals surface area contributed by atoms with Gasteiger partial charge in [0.05, 0.1) is 6.20 Å². The third-order valence-corrected chi connectivity index (χ3v) is 1.34. The molecule has 0 aliphatic carbocycles. The molecule has 0 saturated heterocycles. The van der Waals surface area contributed by atoms with Crippen molar-refractivity contribution in [2.75, 3.05) is 0 Å². The summed E-state index contributed by atoms with van der Waals surface area (Å²) < 4.78 is 13.7. The number of fused-ring (bicyclic) bond motifs is 1. The van der Waals surface area contributed by atoms with Crippen molar-refractivity contribution >= 4 is 5.78 Å². The number of hydrogen-bond acceptors (Lipinski definition) is 3. The standard InChI is InChI=1S/C6H4FN3O/c7-4-1-2-8-6-9-3-5(11)10(4)6/h1-3,11H. The van der Waals surface area contributed by atoms with Gasteiger partial charge in [0.2, 0.25) is 17.6 Å². The second-order valence-corrected chi connectivity index (χ2v) is 2.02. The third kappa shape index (κ3) is 0.739. The molecule has 4 nitrogen and oxygen atoms in total. The lowest BCUT2D eigenvalue weighted by atomic mass is 10.6. The van der Waals surface area contributed by atoms with Crippen molar-refractivity contribution in [1.29, 1.82) is 0 Å². The molecule has 0 atom stereocenters. The van der Waals surface area contributed by atoms with Crippen molar-refractivity contribution in [3.8, 4) is 5.88 Å². The summed E-state index contributed by atoms with van der Waals surface area (Å²) in [6.45, 7) is 0. The molecule has 0 spiro atoms. The summed E-state index contributed by atoms with van der Waals surface area (Å²) in [6, 6.07) is 1.15. The van der Waals surface area contributed by atoms with Gasteiger partial charge in [0, 0.05) is 12.3 Å². The Hall–Kier alpha value is -1.65. The Morgan fingerprint density at radius 1 is 1.45 bits per heavy atom. The van der Waals surface area contributed by atoms with Gasteiger partial charge in [-0.3, -0.25) is 0 Å². The first-order chi connectivity index (χ1) is 5.29. The smallest absolute Gasteiger partial charge is 0.238 e. The van der Waals surface area contributed by atoms with Gasteiger partial charge in [0.15, 0.2) is 0 Å². The summed E-state index contributed by atoms with van der Waals surface area (Å²) in [5, 5.41) is 9.01. The van der Waals surface area contributed by atoms with Gasteiger partial charge in [0.1, 0.15) is 0 Å². The molecular weight excluding hydrogens is 149 g/mol. The van der Waals surface area contributed by atoms with E-state index in [0.717, 1.165) is 16.7 Å². The SMILES string of the molecule is Oc1cnc2nccc(F)n12. The van der Waals surface area contributed by atoms with E-state index in [9.17, 15) is 4.39 Å². The number of imidazole rings is 1. The number of hydrogen-bond donors (Lipinski definition) is 1. The Kier molecular flexibility index (Phi) is 1.06. The number of rotatable bonds is 0. The van der Waals surface area contributed by atoms with Crippen LogP contribution < -0.4 is 0 Å². The van der Waals surface area contributed by atoms with Gasteiger partial charge in [-0.15, -0.1) is 0 Å². The van der Waals surface area contributed by atoms with E-state index in [1.807, 2.05) is 0 Å². The largest absolute Gasteiger partial charge is 0.493 e. The summed E-state index contributed by atoms with van der Waals surface area (Å²) in [5.74, 6) is -0.668. The predicted molar refractivity (Wildman–Crippen MR) is 34.6 cm³/mol. The van der Waals surface area contributed by atoms with Crippen LogP contribution in [-0.2, 0) is 0 Å². The monoisotopic (exact) mass is 153 g/mol. The highest BCUT2D eigenvalue weighted by molar-refractivity contribution is 5.32. The van der Waals surface area contributed by atoms with E-state index in [0.29, 0.717) is 0 Å². The highest BCUT2D eigenvalue weighted by Gasteiger charge is 2.04. The zero-order valence-corrected chi connectivity index (χ0v) is 5.40. The molecule has 0 saturated carbocycles. The first-order valence-corrected chi connectivity index (χ1v) is 2.96. The molecule has 0 aromatic carbocycles. The average molecular weight is 153 g/mol. The van der Waals surface area contributed by atoms with Crippen LogP contribution in [0.15, 0.2) is 18.5 Å². The van der Waals surface area contributed by atoms with E-state index < -0.39 is 5.95 Å². The van der Waals surface area contributed by atoms with Crippen LogP contribution in [0.25, 0.3) is 5.78 Å². The van der Waals surface area contributed by atoms with Gasteiger partial charge in [-0.05, 0) is 0 Å². The summed E-state index contributed by atoms with van der Waals surface area (Å²) in [7, 11) is 0. The van der Waals surface area contributed by atoms with Crippen molar-refractivity contribution < 1.29 is 9.50 Å². The maximum Gasteiger partial charge on any atom is 0.238 e. The minimum atomic E-state index is -0.579. The zero-order valence-electron chi connectivity index (χ0n) is 5.40. The van der Waals surface area contributed by atoms with E-state index in [2.05, 4.69) is 9.97 Å². The first-order valence-electron chi connectivity index (χ1n) is 2.96. The molecule has 0 fully saturated rings. The number of halogens is 1. The molecule has 2 rings (SSSR count). The molecular formula is C6H4FN3O. The Bertz CT molecular complexity index is 398. The Morgan fingerprint density at radius 2 is 2.27 bits per heavy atom. The molecule has 0 aliphatic rings. The molecule has 0 unspecified atom stereocenters. The van der Waals surface area contributed by atoms with Crippen LogP contribution in [0.3, 0.4) is 0 Å². The second kappa shape index (κ2) is 1.91. The first kappa shape index (κ1) is 6.09. The molecule has 2 aromatic rings. The normalized spacial score (nSPS) is 10.6. The van der Waals surface area contributed by atoms with Crippen molar-refractivity contribution in [3.63, 3.8) is 0 Å². The van der Waals surface area contributed by atoms with Gasteiger partial charge in [0.25, 0.3) is 0 Å². The van der Waals surface area contributed by atoms with Crippen LogP contribution in [0.4, 0.5) is 4.39 Å². The molecule has 1 N–H and O–H groups in total. The molecule has 56 valence electrons. The predicted octanol–water partition coefficient (Wildman–Crippen LogP) is 0.574. The topological polar surface area (TPSA) is 50.4 Å². The maximum absolute atomic E-state index is 12.8. The van der Waals surface area contributed by atoms with E-state index in [1.54, 1.807) is 0 Å². The Balaban J connectivity index is 2.96. The van der Waals surface area contributed by atoms with Crippen LogP contribution in [0, 0.1) is 5.95 Å². The lowest BCUT2D eigenvalue weighted by molar-refractivity contribution is 0.427. The fourth-order valence-corrected chi connectivity index (χ4v) is 0.869. The third-order valence-electron chi connectivity index (χ3n) is 1.34. The van der Waals surface area contributed by atoms with E-state index in [1.165, 1.54) is 6.20 Å². The van der Waals surface area contributed by atoms with Gasteiger partial charge >= 0.3 is 0 Å². The maximum atomic E-state index is 12.8. The van der Waals surface area contributed by atoms with E-state index in [4.69, 9.17) is 5.11 Å². The van der Waals surface area contributed by atoms with Gasteiger partial charge in [-0.25, -0.2) is 14.4 Å². The number of aromatic nitrogens is 3. The van der Waals surface area contributed by atoms with Crippen LogP contribution in [0.1, 0.15) is 0 Å². The highest BCUT2D eigenvalue weighted by Crippen LogP contribution is 2.11. The van der Waals surface area contributed by atoms with Crippen LogP contribution in [0.2, 0.25) is 0 Å². The fourth-order valence-electron chi connectivity index (χ4n) is 0.869. The number of nitrogens with zero attached hydrogens (tertiary/aromatic N) is 3. The molecule has 0 amide bonds. The van der Waals surface area contributed by atoms with Crippen molar-refractivity contribution in [1.82, 2.24) is 14.4 Å². The molecule has 11 heavy (non-hydrogen) atoms. The molecule has 5 heteroatoms. The summed E-state index contributed by atoms with van der Waals surface area (Å²) in [5.41, 5.74) is 0. The van der Waals surface area contributed by atoms with Gasteiger partial charge in [-0.2, -0.15) is 4.39 Å². The Morgan fingerprint density at radius 3 is 3.00 bits per heavy atom. The molecule has 0 aliphatic heterocycles. The zero-order chi connectivity index (χ0) is 7.84. The van der Waals surface area contributed by atoms with E-state index >= 15 is 0 Å². The summed E-state index contributed by atoms with van der Waals surface area (Å²) in [6.07, 6.45) is 2.43. The van der Waals surface area contributed by atoms with Crippen molar-refractivity contribution in [3.05, 3.63) is 24.4 Å². The quantitative estimate of drug-likeness (QED) is 0.563. The lowest BCUT2D eigenvalue weighted by Crippen LogP contribution is -1.92. The Labute approximate surface area is 60.9 Å². The highest BCUT2D eigenvalue weighted by atomic mass is 19.1. The molecule has 2 aromatic heterocycles. The molecule has 2 heterocycles. The molecule has 0 radical (unpaired) electrons. The van der Waals surface area contributed by atoms with Crippen molar-refractivity contribution in [2.24, 2.45) is 0 Å². The van der Waals surface area contributed by atoms with Crippen LogP contribution in [0.5, 0.6) is 5.88 Å². The molecule has 0 bridgehead atoms. The van der Waals surface area contributed by atoms with Crippen LogP contribution in [-0.4, -0.2) is 19.5 Å². The summed E-state index contributed by atoms with van der Waals surface area (Å²) >= 11 is 0. The minimum Gasteiger partial charge on any atom is -0.493 e. The van der Waals surface area contributed by atoms with Crippen LogP contribution >= 0.6 is 0 Å². The van der Waals surface area contributed by atoms with E-state index in [-0.39, 0.29) is 11.7 Å². The van der Waals surface area contributed by atoms with Gasteiger partial charge in [-0.1, -0.05) is 0 Å².